The van der Waals surface area contributed by atoms with E-state index in [1.165, 1.54) is 5.56 Å². The molecular formula is C17H37N3. The summed E-state index contributed by atoms with van der Waals surface area (Å²) in [5, 5.41) is 0. The van der Waals surface area contributed by atoms with E-state index in [1.54, 1.807) is 0 Å². The SMILES string of the molecule is C.CC.CC.CC.CCCn1cnc2ncc(C)cc21.[2HH]. The Morgan fingerprint density at radius 1 is 1.05 bits per heavy atom. The van der Waals surface area contributed by atoms with E-state index in [2.05, 4.69) is 34.4 Å². The number of imidazole rings is 1. The number of aromatic nitrogens is 3. The molecule has 0 fully saturated rings. The van der Waals surface area contributed by atoms with Gasteiger partial charge in [0.15, 0.2) is 5.65 Å². The van der Waals surface area contributed by atoms with Crippen LogP contribution in [0.15, 0.2) is 18.6 Å². The van der Waals surface area contributed by atoms with Gasteiger partial charge in [-0.15, -0.1) is 0 Å². The minimum absolute atomic E-state index is 0. The van der Waals surface area contributed by atoms with Crippen LogP contribution in [0.4, 0.5) is 0 Å². The lowest BCUT2D eigenvalue weighted by Crippen LogP contribution is -1.94. The van der Waals surface area contributed by atoms with Crippen LogP contribution in [0, 0.1) is 6.92 Å². The van der Waals surface area contributed by atoms with Crippen molar-refractivity contribution in [3.05, 3.63) is 24.2 Å². The molecule has 120 valence electrons. The summed E-state index contributed by atoms with van der Waals surface area (Å²) in [6.07, 6.45) is 4.84. The van der Waals surface area contributed by atoms with Crippen LogP contribution in [0.1, 0.15) is 69.3 Å². The highest BCUT2D eigenvalue weighted by Gasteiger charge is 2.01. The summed E-state index contributed by atoms with van der Waals surface area (Å²) in [5.41, 5.74) is 3.17. The van der Waals surface area contributed by atoms with Gasteiger partial charge in [-0.2, -0.15) is 0 Å². The van der Waals surface area contributed by atoms with Crippen LogP contribution in [0.5, 0.6) is 0 Å². The molecule has 3 nitrogen and oxygen atoms in total. The van der Waals surface area contributed by atoms with Crippen LogP contribution < -0.4 is 0 Å². The van der Waals surface area contributed by atoms with E-state index in [4.69, 9.17) is 0 Å². The first-order valence-corrected chi connectivity index (χ1v) is 7.58. The van der Waals surface area contributed by atoms with Gasteiger partial charge < -0.3 is 4.57 Å². The Balaban J connectivity index is -0.000000162. The van der Waals surface area contributed by atoms with E-state index >= 15 is 0 Å². The molecule has 2 aromatic heterocycles. The molecule has 0 N–H and O–H groups in total. The highest BCUT2D eigenvalue weighted by atomic mass is 15.1. The molecule has 2 rings (SSSR count). The zero-order valence-corrected chi connectivity index (χ0v) is 14.0. The Kier molecular flexibility index (Phi) is 18.6. The maximum atomic E-state index is 4.25. The van der Waals surface area contributed by atoms with Crippen molar-refractivity contribution >= 4 is 11.2 Å². The summed E-state index contributed by atoms with van der Waals surface area (Å²) in [6, 6.07) is 2.13. The molecule has 0 unspecified atom stereocenters. The number of pyridine rings is 1. The van der Waals surface area contributed by atoms with Crippen molar-refractivity contribution in [2.24, 2.45) is 0 Å². The second-order valence-corrected chi connectivity index (χ2v) is 3.29. The third kappa shape index (κ3) is 7.27. The summed E-state index contributed by atoms with van der Waals surface area (Å²) in [6.45, 7) is 17.2. The van der Waals surface area contributed by atoms with Crippen LogP contribution in [-0.2, 0) is 6.54 Å². The Morgan fingerprint density at radius 2 is 1.60 bits per heavy atom. The fraction of sp³-hybridized carbons (Fsp3) is 0.647. The topological polar surface area (TPSA) is 30.7 Å². The van der Waals surface area contributed by atoms with Crippen LogP contribution in [0.25, 0.3) is 11.2 Å². The molecule has 3 heteroatoms. The van der Waals surface area contributed by atoms with Gasteiger partial charge in [-0.3, -0.25) is 0 Å². The molecule has 0 radical (unpaired) electrons. The van der Waals surface area contributed by atoms with Crippen molar-refractivity contribution in [2.45, 2.75) is 75.8 Å². The Morgan fingerprint density at radius 3 is 2.10 bits per heavy atom. The highest BCUT2D eigenvalue weighted by molar-refractivity contribution is 5.71. The molecule has 0 aliphatic carbocycles. The van der Waals surface area contributed by atoms with E-state index in [1.807, 2.05) is 54.1 Å². The monoisotopic (exact) mass is 284 g/mol. The van der Waals surface area contributed by atoms with Crippen molar-refractivity contribution in [1.29, 1.82) is 0 Å². The maximum Gasteiger partial charge on any atom is 0.177 e. The van der Waals surface area contributed by atoms with E-state index in [-0.39, 0.29) is 8.85 Å². The Labute approximate surface area is 127 Å². The number of rotatable bonds is 2. The molecule has 0 saturated carbocycles. The smallest absolute Gasteiger partial charge is 0.177 e. The van der Waals surface area contributed by atoms with Crippen molar-refractivity contribution in [1.82, 2.24) is 14.5 Å². The lowest BCUT2D eigenvalue weighted by atomic mass is 10.3. The zero-order valence-electron chi connectivity index (χ0n) is 14.0. The van der Waals surface area contributed by atoms with Crippen LogP contribution in [0.3, 0.4) is 0 Å². The predicted molar refractivity (Wildman–Crippen MR) is 95.4 cm³/mol. The molecule has 0 saturated heterocycles. The third-order valence-electron chi connectivity index (χ3n) is 2.08. The molecule has 20 heavy (non-hydrogen) atoms. The first-order chi connectivity index (χ1) is 9.31. The second-order valence-electron chi connectivity index (χ2n) is 3.29. The molecule has 0 aliphatic rings. The average Bonchev–Trinajstić information content (AvgIpc) is 2.88. The normalized spacial score (nSPS) is 8.00. The molecule has 0 amide bonds. The van der Waals surface area contributed by atoms with Gasteiger partial charge >= 0.3 is 0 Å². The van der Waals surface area contributed by atoms with E-state index in [9.17, 15) is 0 Å². The number of hydrogen-bond acceptors (Lipinski definition) is 2. The summed E-state index contributed by atoms with van der Waals surface area (Å²) >= 11 is 0. The van der Waals surface area contributed by atoms with E-state index in [0.717, 1.165) is 24.1 Å². The molecule has 2 aromatic rings. The molecule has 0 atom stereocenters. The third-order valence-corrected chi connectivity index (χ3v) is 2.08. The van der Waals surface area contributed by atoms with Crippen molar-refractivity contribution in [2.75, 3.05) is 0 Å². The van der Waals surface area contributed by atoms with E-state index in [0.29, 0.717) is 0 Å². The standard InChI is InChI=1S/C10H13N3.3C2H6.CH4.H2/c1-3-4-13-7-12-10-9(13)5-8(2)6-11-10;3*1-2;;/h5-7H,3-4H2,1-2H3;3*1-2H3;1H4;1H/i;;;;;1+1. The maximum absolute atomic E-state index is 4.25. The molecule has 0 aliphatic heterocycles. The molecule has 0 spiro atoms. The van der Waals surface area contributed by atoms with Crippen LogP contribution in [-0.4, -0.2) is 14.5 Å². The Hall–Kier alpha value is -1.38. The minimum atomic E-state index is 0. The fourth-order valence-electron chi connectivity index (χ4n) is 1.46. The average molecular weight is 285 g/mol. The van der Waals surface area contributed by atoms with Crippen molar-refractivity contribution in [3.8, 4) is 0 Å². The first-order valence-electron chi connectivity index (χ1n) is 7.58. The van der Waals surface area contributed by atoms with Gasteiger partial charge in [-0.05, 0) is 25.0 Å². The fourth-order valence-corrected chi connectivity index (χ4v) is 1.46. The van der Waals surface area contributed by atoms with E-state index < -0.39 is 0 Å². The van der Waals surface area contributed by atoms with Gasteiger partial charge in [-0.1, -0.05) is 55.9 Å². The van der Waals surface area contributed by atoms with Crippen LogP contribution in [0.2, 0.25) is 0 Å². The predicted octanol–water partition coefficient (Wildman–Crippen LogP) is 6.11. The number of nitrogens with zero attached hydrogens (tertiary/aromatic N) is 3. The molecular weight excluding hydrogens is 246 g/mol. The summed E-state index contributed by atoms with van der Waals surface area (Å²) in [4.78, 5) is 8.48. The first kappa shape index (κ1) is 23.7. The number of fused-ring (bicyclic) bond motifs is 1. The lowest BCUT2D eigenvalue weighted by molar-refractivity contribution is 0.697. The van der Waals surface area contributed by atoms with Gasteiger partial charge in [0.1, 0.15) is 0 Å². The van der Waals surface area contributed by atoms with Gasteiger partial charge in [-0.25, -0.2) is 9.97 Å². The Bertz CT molecular complexity index is 425. The number of hydrogen-bond donors (Lipinski definition) is 0. The summed E-state index contributed by atoms with van der Waals surface area (Å²) < 4.78 is 2.15. The van der Waals surface area contributed by atoms with Gasteiger partial charge in [0.2, 0.25) is 0 Å². The summed E-state index contributed by atoms with van der Waals surface area (Å²) in [7, 11) is 0. The van der Waals surface area contributed by atoms with Gasteiger partial charge in [0.05, 0.1) is 11.8 Å². The quantitative estimate of drug-likeness (QED) is 0.666. The molecule has 0 aromatic carbocycles. The van der Waals surface area contributed by atoms with Crippen molar-refractivity contribution in [3.63, 3.8) is 0 Å². The largest absolute Gasteiger partial charge is 0.329 e. The minimum Gasteiger partial charge on any atom is -0.329 e. The van der Waals surface area contributed by atoms with Gasteiger partial charge in [0.25, 0.3) is 0 Å². The van der Waals surface area contributed by atoms with Crippen molar-refractivity contribution < 1.29 is 1.43 Å². The van der Waals surface area contributed by atoms with Crippen LogP contribution >= 0.6 is 0 Å². The molecule has 2 heterocycles. The summed E-state index contributed by atoms with van der Waals surface area (Å²) in [5.74, 6) is 0. The zero-order chi connectivity index (χ0) is 15.3. The highest BCUT2D eigenvalue weighted by Crippen LogP contribution is 2.11. The lowest BCUT2D eigenvalue weighted by Gasteiger charge is -2.00. The van der Waals surface area contributed by atoms with Gasteiger partial charge in [0, 0.05) is 14.2 Å². The number of aryl methyl sites for hydroxylation is 2. The molecule has 0 bridgehead atoms. The second kappa shape index (κ2) is 15.7.